The molecule has 0 saturated carbocycles. The zero-order chi connectivity index (χ0) is 22.2. The van der Waals surface area contributed by atoms with E-state index in [4.69, 9.17) is 23.7 Å². The summed E-state index contributed by atoms with van der Waals surface area (Å²) in [6.07, 6.45) is 4.69. The predicted octanol–water partition coefficient (Wildman–Crippen LogP) is 1.25. The first kappa shape index (κ1) is 25.4. The van der Waals surface area contributed by atoms with Crippen molar-refractivity contribution in [2.24, 2.45) is 5.92 Å². The minimum absolute atomic E-state index is 0.0337. The molecule has 0 radical (unpaired) electrons. The number of carbonyl (C=O) groups excluding carboxylic acids is 3. The van der Waals surface area contributed by atoms with Crippen LogP contribution in [0.25, 0.3) is 0 Å². The Hall–Kier alpha value is -2.65. The Bertz CT molecular complexity index is 578. The van der Waals surface area contributed by atoms with Crippen molar-refractivity contribution in [3.05, 3.63) is 36.6 Å². The molecule has 0 bridgehead atoms. The fourth-order valence-electron chi connectivity index (χ4n) is 2.52. The number of morpholine rings is 1. The fraction of sp³-hybridized carbons (Fsp3) is 0.571. The van der Waals surface area contributed by atoms with Gasteiger partial charge in [0.1, 0.15) is 5.76 Å². The molecule has 30 heavy (non-hydrogen) atoms. The molecule has 0 aliphatic carbocycles. The van der Waals surface area contributed by atoms with Crippen LogP contribution < -0.4 is 0 Å². The van der Waals surface area contributed by atoms with Crippen LogP contribution in [0.3, 0.4) is 0 Å². The monoisotopic (exact) mass is 425 g/mol. The third-order valence-electron chi connectivity index (χ3n) is 3.92. The normalized spacial score (nSPS) is 15.7. The van der Waals surface area contributed by atoms with Crippen molar-refractivity contribution < 1.29 is 38.1 Å². The van der Waals surface area contributed by atoms with Gasteiger partial charge in [-0.3, -0.25) is 4.90 Å². The van der Waals surface area contributed by atoms with E-state index in [-0.39, 0.29) is 25.7 Å². The number of hydrogen-bond donors (Lipinski definition) is 0. The summed E-state index contributed by atoms with van der Waals surface area (Å²) >= 11 is 0. The van der Waals surface area contributed by atoms with Gasteiger partial charge in [0.15, 0.2) is 0 Å². The first-order valence-corrected chi connectivity index (χ1v) is 9.92. The van der Waals surface area contributed by atoms with Gasteiger partial charge in [-0.1, -0.05) is 6.58 Å². The Kier molecular flexibility index (Phi) is 12.9. The molecule has 1 aliphatic rings. The SMILES string of the molecule is C=C(/C=C/C(=O)OCC(COC(=O)/C=C/C(=O)OCC)CN1CCOCC1)OCC. The molecule has 1 rings (SSSR count). The summed E-state index contributed by atoms with van der Waals surface area (Å²) in [5.41, 5.74) is 0. The van der Waals surface area contributed by atoms with Crippen molar-refractivity contribution in [3.8, 4) is 0 Å². The molecule has 0 N–H and O–H groups in total. The number of ether oxygens (including phenoxy) is 5. The smallest absolute Gasteiger partial charge is 0.331 e. The average Bonchev–Trinajstić information content (AvgIpc) is 2.73. The molecular formula is C21H31NO8. The Morgan fingerprint density at radius 1 is 0.867 bits per heavy atom. The molecule has 0 spiro atoms. The lowest BCUT2D eigenvalue weighted by Gasteiger charge is -2.30. The number of esters is 3. The van der Waals surface area contributed by atoms with Gasteiger partial charge in [0.05, 0.1) is 39.6 Å². The lowest BCUT2D eigenvalue weighted by molar-refractivity contribution is -0.144. The zero-order valence-electron chi connectivity index (χ0n) is 17.7. The van der Waals surface area contributed by atoms with Crippen molar-refractivity contribution in [3.63, 3.8) is 0 Å². The molecule has 0 aromatic heterocycles. The molecule has 1 atom stereocenters. The van der Waals surface area contributed by atoms with Crippen molar-refractivity contribution in [2.45, 2.75) is 13.8 Å². The lowest BCUT2D eigenvalue weighted by atomic mass is 10.1. The molecule has 0 aromatic rings. The summed E-state index contributed by atoms with van der Waals surface area (Å²) in [4.78, 5) is 37.2. The first-order valence-electron chi connectivity index (χ1n) is 9.92. The Labute approximate surface area is 177 Å². The molecule has 1 unspecified atom stereocenters. The van der Waals surface area contributed by atoms with Gasteiger partial charge in [0.2, 0.25) is 0 Å². The van der Waals surface area contributed by atoms with E-state index in [1.54, 1.807) is 6.92 Å². The van der Waals surface area contributed by atoms with E-state index in [0.717, 1.165) is 25.2 Å². The van der Waals surface area contributed by atoms with Crippen LogP contribution in [0.4, 0.5) is 0 Å². The van der Waals surface area contributed by atoms with E-state index < -0.39 is 17.9 Å². The summed E-state index contributed by atoms with van der Waals surface area (Å²) in [6, 6.07) is 0. The standard InChI is InChI=1S/C21H31NO8/c1-4-27-17(3)6-7-20(24)29-15-18(14-22-10-12-26-13-11-22)16-30-21(25)9-8-19(23)28-5-2/h6-9,18H,3-5,10-16H2,1-2H3/b7-6+,9-8+. The zero-order valence-corrected chi connectivity index (χ0v) is 17.7. The second-order valence-electron chi connectivity index (χ2n) is 6.36. The number of nitrogens with zero attached hydrogens (tertiary/aromatic N) is 1. The maximum Gasteiger partial charge on any atom is 0.331 e. The molecule has 1 fully saturated rings. The predicted molar refractivity (Wildman–Crippen MR) is 108 cm³/mol. The van der Waals surface area contributed by atoms with Crippen LogP contribution in [-0.2, 0) is 38.1 Å². The molecule has 9 nitrogen and oxygen atoms in total. The van der Waals surface area contributed by atoms with Crippen LogP contribution in [0, 0.1) is 5.92 Å². The summed E-state index contributed by atoms with van der Waals surface area (Å²) in [7, 11) is 0. The van der Waals surface area contributed by atoms with Gasteiger partial charge in [-0.25, -0.2) is 14.4 Å². The largest absolute Gasteiger partial charge is 0.495 e. The van der Waals surface area contributed by atoms with E-state index >= 15 is 0 Å². The minimum Gasteiger partial charge on any atom is -0.495 e. The van der Waals surface area contributed by atoms with E-state index in [2.05, 4.69) is 11.5 Å². The van der Waals surface area contributed by atoms with Gasteiger partial charge < -0.3 is 23.7 Å². The maximum absolute atomic E-state index is 11.9. The van der Waals surface area contributed by atoms with Crippen LogP contribution in [-0.4, -0.2) is 82.1 Å². The van der Waals surface area contributed by atoms with Gasteiger partial charge in [-0.15, -0.1) is 0 Å². The van der Waals surface area contributed by atoms with E-state index in [0.29, 0.717) is 32.1 Å². The van der Waals surface area contributed by atoms with E-state index in [1.165, 1.54) is 12.2 Å². The summed E-state index contributed by atoms with van der Waals surface area (Å²) < 4.78 is 25.6. The van der Waals surface area contributed by atoms with Crippen molar-refractivity contribution in [1.82, 2.24) is 4.90 Å². The highest BCUT2D eigenvalue weighted by atomic mass is 16.5. The van der Waals surface area contributed by atoms with Crippen molar-refractivity contribution in [2.75, 3.05) is 59.3 Å². The molecule has 1 heterocycles. The van der Waals surface area contributed by atoms with Crippen LogP contribution in [0.5, 0.6) is 0 Å². The number of allylic oxidation sites excluding steroid dienone is 1. The average molecular weight is 425 g/mol. The Balaban J connectivity index is 2.54. The minimum atomic E-state index is -0.672. The van der Waals surface area contributed by atoms with Crippen LogP contribution >= 0.6 is 0 Å². The topological polar surface area (TPSA) is 101 Å². The first-order chi connectivity index (χ1) is 14.4. The molecule has 1 saturated heterocycles. The van der Waals surface area contributed by atoms with Crippen molar-refractivity contribution >= 4 is 17.9 Å². The number of rotatable bonds is 13. The highest BCUT2D eigenvalue weighted by Crippen LogP contribution is 2.07. The van der Waals surface area contributed by atoms with Crippen molar-refractivity contribution in [1.29, 1.82) is 0 Å². The highest BCUT2D eigenvalue weighted by molar-refractivity contribution is 5.91. The summed E-state index contributed by atoms with van der Waals surface area (Å²) in [5, 5.41) is 0. The second kappa shape index (κ2) is 15.2. The molecule has 0 aromatic carbocycles. The molecule has 1 aliphatic heterocycles. The third kappa shape index (κ3) is 12.0. The Morgan fingerprint density at radius 3 is 1.90 bits per heavy atom. The summed E-state index contributed by atoms with van der Waals surface area (Å²) in [6.45, 7) is 11.2. The molecule has 9 heteroatoms. The number of carbonyl (C=O) groups is 3. The third-order valence-corrected chi connectivity index (χ3v) is 3.92. The van der Waals surface area contributed by atoms with Gasteiger partial charge in [-0.05, 0) is 19.9 Å². The van der Waals surface area contributed by atoms with Gasteiger partial charge in [0.25, 0.3) is 0 Å². The number of hydrogen-bond acceptors (Lipinski definition) is 9. The quantitative estimate of drug-likeness (QED) is 0.142. The van der Waals surface area contributed by atoms with Crippen LogP contribution in [0.2, 0.25) is 0 Å². The molecular weight excluding hydrogens is 394 g/mol. The summed E-state index contributed by atoms with van der Waals surface area (Å²) in [5.74, 6) is -1.71. The Morgan fingerprint density at radius 2 is 1.37 bits per heavy atom. The van der Waals surface area contributed by atoms with E-state index in [9.17, 15) is 14.4 Å². The van der Waals surface area contributed by atoms with E-state index in [1.807, 2.05) is 6.92 Å². The second-order valence-corrected chi connectivity index (χ2v) is 6.36. The van der Waals surface area contributed by atoms with Gasteiger partial charge in [-0.2, -0.15) is 0 Å². The molecule has 168 valence electrons. The fourth-order valence-corrected chi connectivity index (χ4v) is 2.52. The maximum atomic E-state index is 11.9. The lowest BCUT2D eigenvalue weighted by Crippen LogP contribution is -2.41. The van der Waals surface area contributed by atoms with Gasteiger partial charge >= 0.3 is 17.9 Å². The molecule has 0 amide bonds. The van der Waals surface area contributed by atoms with Crippen LogP contribution in [0.15, 0.2) is 36.6 Å². The van der Waals surface area contributed by atoms with Crippen LogP contribution in [0.1, 0.15) is 13.8 Å². The van der Waals surface area contributed by atoms with Gasteiger partial charge in [0, 0.05) is 43.8 Å². The highest BCUT2D eigenvalue weighted by Gasteiger charge is 2.19.